The number of hydrogen-bond acceptors (Lipinski definition) is 3. The number of anilines is 1. The molecule has 136 valence electrons. The Morgan fingerprint density at radius 2 is 2.04 bits per heavy atom. The summed E-state index contributed by atoms with van der Waals surface area (Å²) in [6.45, 7) is 5.74. The first-order valence-corrected chi connectivity index (χ1v) is 8.90. The summed E-state index contributed by atoms with van der Waals surface area (Å²) in [7, 11) is 0. The molecule has 0 radical (unpaired) electrons. The Morgan fingerprint density at radius 3 is 2.81 bits per heavy atom. The van der Waals surface area contributed by atoms with Crippen molar-refractivity contribution in [2.24, 2.45) is 0 Å². The fraction of sp³-hybridized carbons (Fsp3) is 0.190. The summed E-state index contributed by atoms with van der Waals surface area (Å²) in [5.74, 6) is -0.241. The molecule has 6 heteroatoms. The van der Waals surface area contributed by atoms with Crippen molar-refractivity contribution >= 4 is 28.1 Å². The highest BCUT2D eigenvalue weighted by Gasteiger charge is 2.17. The zero-order valence-corrected chi connectivity index (χ0v) is 15.5. The fourth-order valence-corrected chi connectivity index (χ4v) is 3.59. The molecule has 1 aromatic carbocycles. The molecular weight excluding hydrogens is 340 g/mol. The molecule has 27 heavy (non-hydrogen) atoms. The van der Waals surface area contributed by atoms with Gasteiger partial charge in [-0.3, -0.25) is 14.0 Å². The number of benzene rings is 1. The van der Waals surface area contributed by atoms with Crippen LogP contribution >= 0.6 is 0 Å². The van der Waals surface area contributed by atoms with Crippen molar-refractivity contribution in [3.05, 3.63) is 75.5 Å². The van der Waals surface area contributed by atoms with Crippen LogP contribution in [-0.2, 0) is 6.42 Å². The summed E-state index contributed by atoms with van der Waals surface area (Å²) >= 11 is 0. The third kappa shape index (κ3) is 2.79. The van der Waals surface area contributed by atoms with Crippen molar-refractivity contribution in [2.75, 3.05) is 5.32 Å². The van der Waals surface area contributed by atoms with E-state index in [-0.39, 0.29) is 11.5 Å². The van der Waals surface area contributed by atoms with E-state index in [1.807, 2.05) is 57.3 Å². The van der Waals surface area contributed by atoms with Crippen LogP contribution < -0.4 is 10.9 Å². The SMILES string of the molecule is CCc1c(C)c2ccc(NC(=O)c3c(C)nc4ccccn34)cc2[nH]c1=O. The maximum atomic E-state index is 12.8. The van der Waals surface area contributed by atoms with Crippen LogP contribution in [0.25, 0.3) is 16.6 Å². The number of carbonyl (C=O) groups is 1. The van der Waals surface area contributed by atoms with Crippen LogP contribution in [0.2, 0.25) is 0 Å². The number of pyridine rings is 2. The van der Waals surface area contributed by atoms with Gasteiger partial charge in [0, 0.05) is 22.8 Å². The number of imidazole rings is 1. The van der Waals surface area contributed by atoms with Crippen molar-refractivity contribution in [2.45, 2.75) is 27.2 Å². The molecule has 0 spiro atoms. The van der Waals surface area contributed by atoms with Gasteiger partial charge in [0.25, 0.3) is 11.5 Å². The van der Waals surface area contributed by atoms with Gasteiger partial charge in [0.05, 0.1) is 11.2 Å². The average Bonchev–Trinajstić information content (AvgIpc) is 2.97. The van der Waals surface area contributed by atoms with Gasteiger partial charge in [-0.25, -0.2) is 4.98 Å². The molecule has 0 bridgehead atoms. The van der Waals surface area contributed by atoms with Crippen molar-refractivity contribution in [3.8, 4) is 0 Å². The molecule has 3 heterocycles. The summed E-state index contributed by atoms with van der Waals surface area (Å²) < 4.78 is 1.77. The summed E-state index contributed by atoms with van der Waals surface area (Å²) in [6.07, 6.45) is 2.50. The summed E-state index contributed by atoms with van der Waals surface area (Å²) in [6, 6.07) is 11.2. The van der Waals surface area contributed by atoms with Crippen LogP contribution in [0.5, 0.6) is 0 Å². The Bertz CT molecular complexity index is 1250. The first-order chi connectivity index (χ1) is 13.0. The number of amides is 1. The number of nitrogens with zero attached hydrogens (tertiary/aromatic N) is 2. The molecule has 1 amide bonds. The lowest BCUT2D eigenvalue weighted by Crippen LogP contribution is -2.16. The topological polar surface area (TPSA) is 79.3 Å². The maximum absolute atomic E-state index is 12.8. The number of carbonyl (C=O) groups excluding carboxylic acids is 1. The van der Waals surface area contributed by atoms with E-state index < -0.39 is 0 Å². The van der Waals surface area contributed by atoms with Crippen molar-refractivity contribution in [1.29, 1.82) is 0 Å². The Hall–Kier alpha value is -3.41. The molecule has 3 aromatic heterocycles. The lowest BCUT2D eigenvalue weighted by Gasteiger charge is -2.10. The van der Waals surface area contributed by atoms with Gasteiger partial charge < -0.3 is 10.3 Å². The van der Waals surface area contributed by atoms with Gasteiger partial charge in [0.2, 0.25) is 0 Å². The highest BCUT2D eigenvalue weighted by molar-refractivity contribution is 6.05. The van der Waals surface area contributed by atoms with Gasteiger partial charge in [-0.2, -0.15) is 0 Å². The van der Waals surface area contributed by atoms with E-state index in [1.165, 1.54) is 0 Å². The Kier molecular flexibility index (Phi) is 4.03. The largest absolute Gasteiger partial charge is 0.322 e. The van der Waals surface area contributed by atoms with E-state index in [9.17, 15) is 9.59 Å². The van der Waals surface area contributed by atoms with Gasteiger partial charge in [-0.15, -0.1) is 0 Å². The molecule has 4 aromatic rings. The molecular formula is C21H20N4O2. The molecule has 0 unspecified atom stereocenters. The Morgan fingerprint density at radius 1 is 1.22 bits per heavy atom. The average molecular weight is 360 g/mol. The molecule has 0 fully saturated rings. The minimum atomic E-state index is -0.241. The van der Waals surface area contributed by atoms with Crippen LogP contribution in [0, 0.1) is 13.8 Å². The summed E-state index contributed by atoms with van der Waals surface area (Å²) in [4.78, 5) is 32.4. The molecule has 0 atom stereocenters. The second kappa shape index (κ2) is 6.39. The molecule has 4 rings (SSSR count). The van der Waals surface area contributed by atoms with Crippen LogP contribution in [0.1, 0.15) is 34.2 Å². The first kappa shape index (κ1) is 17.0. The molecule has 0 aliphatic rings. The third-order valence-corrected chi connectivity index (χ3v) is 4.93. The van der Waals surface area contributed by atoms with Crippen molar-refractivity contribution in [1.82, 2.24) is 14.4 Å². The minimum Gasteiger partial charge on any atom is -0.322 e. The second-order valence-electron chi connectivity index (χ2n) is 6.60. The predicted molar refractivity (Wildman–Crippen MR) is 107 cm³/mol. The molecule has 0 saturated heterocycles. The van der Waals surface area contributed by atoms with Gasteiger partial charge in [0.15, 0.2) is 0 Å². The number of fused-ring (bicyclic) bond motifs is 2. The molecule has 6 nitrogen and oxygen atoms in total. The van der Waals surface area contributed by atoms with Crippen LogP contribution in [0.3, 0.4) is 0 Å². The number of H-pyrrole nitrogens is 1. The number of hydrogen-bond donors (Lipinski definition) is 2. The third-order valence-electron chi connectivity index (χ3n) is 4.93. The zero-order valence-electron chi connectivity index (χ0n) is 15.5. The number of rotatable bonds is 3. The highest BCUT2D eigenvalue weighted by atomic mass is 16.2. The van der Waals surface area contributed by atoms with Gasteiger partial charge in [0.1, 0.15) is 11.3 Å². The number of aryl methyl sites for hydroxylation is 2. The smallest absolute Gasteiger partial charge is 0.274 e. The Balaban J connectivity index is 1.74. The molecule has 0 saturated carbocycles. The second-order valence-corrected chi connectivity index (χ2v) is 6.60. The van der Waals surface area contributed by atoms with Gasteiger partial charge in [-0.05, 0) is 50.1 Å². The highest BCUT2D eigenvalue weighted by Crippen LogP contribution is 2.22. The van der Waals surface area contributed by atoms with E-state index in [4.69, 9.17) is 0 Å². The predicted octanol–water partition coefficient (Wildman–Crippen LogP) is 3.61. The molecule has 0 aliphatic carbocycles. The maximum Gasteiger partial charge on any atom is 0.274 e. The summed E-state index contributed by atoms with van der Waals surface area (Å²) in [5, 5.41) is 3.90. The quantitative estimate of drug-likeness (QED) is 0.586. The van der Waals surface area contributed by atoms with Crippen LogP contribution in [-0.4, -0.2) is 20.3 Å². The lowest BCUT2D eigenvalue weighted by molar-refractivity contribution is 0.102. The van der Waals surface area contributed by atoms with E-state index >= 15 is 0 Å². The number of nitrogens with one attached hydrogen (secondary N) is 2. The van der Waals surface area contributed by atoms with Crippen LogP contribution in [0.15, 0.2) is 47.4 Å². The van der Waals surface area contributed by atoms with E-state index in [2.05, 4.69) is 15.3 Å². The van der Waals surface area contributed by atoms with E-state index in [1.54, 1.807) is 10.5 Å². The zero-order chi connectivity index (χ0) is 19.1. The monoisotopic (exact) mass is 360 g/mol. The first-order valence-electron chi connectivity index (χ1n) is 8.90. The normalized spacial score (nSPS) is 11.2. The molecule has 2 N–H and O–H groups in total. The van der Waals surface area contributed by atoms with E-state index in [0.29, 0.717) is 29.0 Å². The lowest BCUT2D eigenvalue weighted by atomic mass is 10.0. The standard InChI is InChI=1S/C21H20N4O2/c1-4-15-12(2)16-9-8-14(11-17(16)24-20(15)26)23-21(27)19-13(3)22-18-7-5-6-10-25(18)19/h5-11H,4H2,1-3H3,(H,23,27)(H,24,26). The molecule has 0 aliphatic heterocycles. The summed E-state index contributed by atoms with van der Waals surface area (Å²) in [5.41, 5.74) is 4.91. The Labute approximate surface area is 155 Å². The van der Waals surface area contributed by atoms with E-state index in [0.717, 1.165) is 22.2 Å². The van der Waals surface area contributed by atoms with Crippen molar-refractivity contribution in [3.63, 3.8) is 0 Å². The number of aromatic nitrogens is 3. The van der Waals surface area contributed by atoms with Crippen LogP contribution in [0.4, 0.5) is 5.69 Å². The number of aromatic amines is 1. The fourth-order valence-electron chi connectivity index (χ4n) is 3.59. The van der Waals surface area contributed by atoms with Gasteiger partial charge in [-0.1, -0.05) is 19.1 Å². The minimum absolute atomic E-state index is 0.0800. The van der Waals surface area contributed by atoms with Crippen molar-refractivity contribution < 1.29 is 4.79 Å². The van der Waals surface area contributed by atoms with Gasteiger partial charge >= 0.3 is 0 Å².